The average molecular weight is 256 g/mol. The number of anilines is 1. The van der Waals surface area contributed by atoms with Crippen LogP contribution in [0.4, 0.5) is 10.6 Å². The average Bonchev–Trinajstić information content (AvgIpc) is 2.65. The Bertz CT molecular complexity index is 455. The third-order valence-electron chi connectivity index (χ3n) is 2.34. The van der Waals surface area contributed by atoms with E-state index >= 15 is 0 Å². The van der Waals surface area contributed by atoms with Crippen LogP contribution in [0.2, 0.25) is 0 Å². The smallest absolute Gasteiger partial charge is 0.404 e. The molecule has 4 N–H and O–H groups in total. The van der Waals surface area contributed by atoms with Gasteiger partial charge in [0, 0.05) is 6.42 Å². The lowest BCUT2D eigenvalue weighted by atomic mass is 10.4. The topological polar surface area (TPSA) is 122 Å². The van der Waals surface area contributed by atoms with Crippen molar-refractivity contribution < 1.29 is 19.1 Å². The maximum absolute atomic E-state index is 11.4. The third kappa shape index (κ3) is 2.90. The van der Waals surface area contributed by atoms with E-state index in [0.29, 0.717) is 12.2 Å². The van der Waals surface area contributed by atoms with Crippen LogP contribution in [0.1, 0.15) is 23.2 Å². The second-order valence-corrected chi connectivity index (χ2v) is 3.43. The van der Waals surface area contributed by atoms with E-state index in [9.17, 15) is 9.59 Å². The van der Waals surface area contributed by atoms with Gasteiger partial charge in [-0.3, -0.25) is 0 Å². The molecular weight excluding hydrogens is 240 g/mol. The molecule has 100 valence electrons. The van der Waals surface area contributed by atoms with Crippen molar-refractivity contribution in [1.82, 2.24) is 9.55 Å². The quantitative estimate of drug-likeness (QED) is 0.710. The van der Waals surface area contributed by atoms with Gasteiger partial charge in [-0.15, -0.1) is 0 Å². The van der Waals surface area contributed by atoms with Crippen molar-refractivity contribution in [1.29, 1.82) is 0 Å². The lowest BCUT2D eigenvalue weighted by molar-refractivity contribution is 0.0595. The lowest BCUT2D eigenvalue weighted by Crippen LogP contribution is -2.18. The Morgan fingerprint density at radius 3 is 2.61 bits per heavy atom. The van der Waals surface area contributed by atoms with Crippen LogP contribution in [0.5, 0.6) is 0 Å². The first-order valence-corrected chi connectivity index (χ1v) is 5.36. The summed E-state index contributed by atoms with van der Waals surface area (Å²) in [7, 11) is 1.25. The number of imidazole rings is 1. The zero-order valence-corrected chi connectivity index (χ0v) is 10.3. The van der Waals surface area contributed by atoms with E-state index in [2.05, 4.69) is 14.5 Å². The van der Waals surface area contributed by atoms with Crippen molar-refractivity contribution in [2.75, 3.05) is 19.5 Å². The molecule has 0 saturated carbocycles. The van der Waals surface area contributed by atoms with Gasteiger partial charge in [0.2, 0.25) is 0 Å². The zero-order chi connectivity index (χ0) is 13.7. The Hall–Kier alpha value is -2.25. The minimum absolute atomic E-state index is 0.0590. The number of hydrogen-bond acceptors (Lipinski definition) is 6. The molecule has 0 saturated heterocycles. The van der Waals surface area contributed by atoms with Crippen LogP contribution in [0.3, 0.4) is 0 Å². The second-order valence-electron chi connectivity index (χ2n) is 3.43. The van der Waals surface area contributed by atoms with Crippen LogP contribution in [-0.2, 0) is 22.4 Å². The first-order valence-electron chi connectivity index (χ1n) is 5.36. The normalized spacial score (nSPS) is 10.1. The number of amides is 1. The number of aryl methyl sites for hydroxylation is 1. The Morgan fingerprint density at radius 2 is 2.11 bits per heavy atom. The van der Waals surface area contributed by atoms with Crippen molar-refractivity contribution in [3.63, 3.8) is 0 Å². The number of methoxy groups -OCH3 is 1. The van der Waals surface area contributed by atoms with Gasteiger partial charge in [0.25, 0.3) is 0 Å². The summed E-state index contributed by atoms with van der Waals surface area (Å²) in [6, 6.07) is 0. The summed E-state index contributed by atoms with van der Waals surface area (Å²) in [4.78, 5) is 26.0. The molecule has 1 aromatic rings. The first-order chi connectivity index (χ1) is 8.51. The van der Waals surface area contributed by atoms with E-state index in [1.807, 2.05) is 6.92 Å². The Labute approximate surface area is 104 Å². The summed E-state index contributed by atoms with van der Waals surface area (Å²) >= 11 is 0. The van der Waals surface area contributed by atoms with E-state index in [1.165, 1.54) is 7.11 Å². The van der Waals surface area contributed by atoms with Crippen molar-refractivity contribution >= 4 is 17.9 Å². The number of ether oxygens (including phenoxy) is 2. The predicted octanol–water partition coefficient (Wildman–Crippen LogP) is -0.0904. The number of hydrogen-bond donors (Lipinski definition) is 2. The van der Waals surface area contributed by atoms with Gasteiger partial charge < -0.3 is 25.5 Å². The summed E-state index contributed by atoms with van der Waals surface area (Å²) in [6.45, 7) is 2.21. The number of nitrogens with two attached hydrogens (primary N) is 2. The van der Waals surface area contributed by atoms with E-state index in [-0.39, 0.29) is 24.7 Å². The fraction of sp³-hybridized carbons (Fsp3) is 0.500. The summed E-state index contributed by atoms with van der Waals surface area (Å²) < 4.78 is 10.8. The van der Waals surface area contributed by atoms with Crippen LogP contribution in [0.25, 0.3) is 0 Å². The van der Waals surface area contributed by atoms with E-state index < -0.39 is 12.1 Å². The van der Waals surface area contributed by atoms with Crippen molar-refractivity contribution in [3.05, 3.63) is 11.5 Å². The lowest BCUT2D eigenvalue weighted by Gasteiger charge is -2.08. The number of aromatic nitrogens is 2. The Morgan fingerprint density at radius 1 is 1.44 bits per heavy atom. The third-order valence-corrected chi connectivity index (χ3v) is 2.34. The van der Waals surface area contributed by atoms with E-state index in [0.717, 1.165) is 0 Å². The molecule has 0 atom stereocenters. The molecule has 0 aliphatic carbocycles. The summed E-state index contributed by atoms with van der Waals surface area (Å²) in [5, 5.41) is 0. The molecule has 0 aromatic carbocycles. The first kappa shape index (κ1) is 13.8. The molecule has 0 aliphatic rings. The number of nitrogens with zero attached hydrogens (tertiary/aromatic N) is 2. The Kier molecular flexibility index (Phi) is 4.52. The maximum Gasteiger partial charge on any atom is 0.404 e. The van der Waals surface area contributed by atoms with Crippen molar-refractivity contribution in [2.45, 2.75) is 19.9 Å². The molecule has 1 heterocycles. The minimum Gasteiger partial charge on any atom is -0.464 e. The molecule has 1 rings (SSSR count). The van der Waals surface area contributed by atoms with Crippen LogP contribution >= 0.6 is 0 Å². The SMILES string of the molecule is CCc1nc(C(=O)OC)c(N)n1CCOC(N)=O. The van der Waals surface area contributed by atoms with Gasteiger partial charge in [0.15, 0.2) is 5.69 Å². The van der Waals surface area contributed by atoms with Crippen LogP contribution < -0.4 is 11.5 Å². The number of carbonyl (C=O) groups excluding carboxylic acids is 2. The van der Waals surface area contributed by atoms with Crippen molar-refractivity contribution in [2.24, 2.45) is 5.73 Å². The number of carbonyl (C=O) groups is 2. The fourth-order valence-corrected chi connectivity index (χ4v) is 1.52. The number of primary amides is 1. The predicted molar refractivity (Wildman–Crippen MR) is 62.9 cm³/mol. The molecule has 0 fully saturated rings. The maximum atomic E-state index is 11.4. The Balaban J connectivity index is 2.91. The molecular formula is C10H16N4O4. The van der Waals surface area contributed by atoms with Gasteiger partial charge >= 0.3 is 12.1 Å². The zero-order valence-electron chi connectivity index (χ0n) is 10.3. The van der Waals surface area contributed by atoms with Crippen LogP contribution in [-0.4, -0.2) is 35.3 Å². The molecule has 1 amide bonds. The van der Waals surface area contributed by atoms with Crippen molar-refractivity contribution in [3.8, 4) is 0 Å². The summed E-state index contributed by atoms with van der Waals surface area (Å²) in [6.07, 6.45) is -0.280. The van der Waals surface area contributed by atoms with Crippen LogP contribution in [0, 0.1) is 0 Å². The van der Waals surface area contributed by atoms with Gasteiger partial charge in [-0.2, -0.15) is 0 Å². The summed E-state index contributed by atoms with van der Waals surface area (Å²) in [5.74, 6) is 0.199. The molecule has 8 heteroatoms. The highest BCUT2D eigenvalue weighted by Crippen LogP contribution is 2.16. The van der Waals surface area contributed by atoms with Gasteiger partial charge in [0.05, 0.1) is 13.7 Å². The molecule has 0 aliphatic heterocycles. The van der Waals surface area contributed by atoms with Crippen LogP contribution in [0.15, 0.2) is 0 Å². The van der Waals surface area contributed by atoms with Gasteiger partial charge in [0.1, 0.15) is 18.2 Å². The number of rotatable bonds is 5. The molecule has 0 radical (unpaired) electrons. The molecule has 18 heavy (non-hydrogen) atoms. The number of esters is 1. The fourth-order valence-electron chi connectivity index (χ4n) is 1.52. The monoisotopic (exact) mass is 256 g/mol. The molecule has 0 unspecified atom stereocenters. The standard InChI is InChI=1S/C10H16N4O4/c1-3-6-13-7(9(15)17-2)8(11)14(6)4-5-18-10(12)16/h3-5,11H2,1-2H3,(H2,12,16). The van der Waals surface area contributed by atoms with Gasteiger partial charge in [-0.05, 0) is 0 Å². The highest BCUT2D eigenvalue weighted by molar-refractivity contribution is 5.92. The second kappa shape index (κ2) is 5.89. The molecule has 1 aromatic heterocycles. The summed E-state index contributed by atoms with van der Waals surface area (Å²) in [5.41, 5.74) is 10.7. The largest absolute Gasteiger partial charge is 0.464 e. The van der Waals surface area contributed by atoms with Gasteiger partial charge in [-0.1, -0.05) is 6.92 Å². The van der Waals surface area contributed by atoms with Gasteiger partial charge in [-0.25, -0.2) is 14.6 Å². The molecule has 8 nitrogen and oxygen atoms in total. The van der Waals surface area contributed by atoms with E-state index in [4.69, 9.17) is 11.5 Å². The minimum atomic E-state index is -0.861. The molecule has 0 bridgehead atoms. The highest BCUT2D eigenvalue weighted by atomic mass is 16.5. The van der Waals surface area contributed by atoms with E-state index in [1.54, 1.807) is 4.57 Å². The number of nitrogen functional groups attached to an aromatic ring is 1. The highest BCUT2D eigenvalue weighted by Gasteiger charge is 2.20. The molecule has 0 spiro atoms.